The Morgan fingerprint density at radius 2 is 2.26 bits per heavy atom. The lowest BCUT2D eigenvalue weighted by atomic mass is 9.82. The van der Waals surface area contributed by atoms with Gasteiger partial charge in [0.25, 0.3) is 0 Å². The van der Waals surface area contributed by atoms with Crippen LogP contribution in [0.15, 0.2) is 18.2 Å². The van der Waals surface area contributed by atoms with Crippen molar-refractivity contribution in [3.8, 4) is 5.75 Å². The van der Waals surface area contributed by atoms with Gasteiger partial charge in [-0.05, 0) is 24.8 Å². The fraction of sp³-hybridized carbons (Fsp3) is 0.611. The van der Waals surface area contributed by atoms with E-state index in [4.69, 9.17) is 9.47 Å². The normalized spacial score (nSPS) is 26.4. The summed E-state index contributed by atoms with van der Waals surface area (Å²) in [4.78, 5) is 14.6. The van der Waals surface area contributed by atoms with Gasteiger partial charge in [0.05, 0.1) is 20.1 Å². The zero-order valence-corrected chi connectivity index (χ0v) is 13.8. The first kappa shape index (κ1) is 16.2. The molecule has 0 N–H and O–H groups in total. The average Bonchev–Trinajstić information content (AvgIpc) is 3.06. The zero-order chi connectivity index (χ0) is 16.4. The van der Waals surface area contributed by atoms with Crippen LogP contribution in [0.5, 0.6) is 5.75 Å². The van der Waals surface area contributed by atoms with Crippen LogP contribution in [0.2, 0.25) is 0 Å². The molecule has 2 atom stereocenters. The molecule has 1 amide bonds. The van der Waals surface area contributed by atoms with Crippen molar-refractivity contribution in [2.45, 2.75) is 25.7 Å². The maximum atomic E-state index is 13.3. The van der Waals surface area contributed by atoms with Gasteiger partial charge in [-0.1, -0.05) is 12.5 Å². The van der Waals surface area contributed by atoms with Crippen LogP contribution in [0.3, 0.4) is 0 Å². The summed E-state index contributed by atoms with van der Waals surface area (Å²) < 4.78 is 23.9. The number of methoxy groups -OCH3 is 2. The van der Waals surface area contributed by atoms with Gasteiger partial charge in [0, 0.05) is 37.2 Å². The molecule has 23 heavy (non-hydrogen) atoms. The second-order valence-electron chi connectivity index (χ2n) is 6.79. The van der Waals surface area contributed by atoms with E-state index in [0.717, 1.165) is 31.7 Å². The molecule has 1 saturated carbocycles. The molecule has 126 valence electrons. The molecule has 2 aliphatic rings. The summed E-state index contributed by atoms with van der Waals surface area (Å²) in [5, 5.41) is 0. The fourth-order valence-electron chi connectivity index (χ4n) is 4.27. The molecule has 1 aliphatic heterocycles. The number of ether oxygens (including phenoxy) is 2. The average molecular weight is 321 g/mol. The number of rotatable bonds is 5. The molecule has 0 aromatic heterocycles. The Labute approximate surface area is 136 Å². The minimum absolute atomic E-state index is 0.0831. The Morgan fingerprint density at radius 3 is 3.00 bits per heavy atom. The molecular weight excluding hydrogens is 297 g/mol. The number of carbonyl (C=O) groups is 1. The number of benzene rings is 1. The van der Waals surface area contributed by atoms with Crippen LogP contribution in [-0.4, -0.2) is 44.7 Å². The smallest absolute Gasteiger partial charge is 0.227 e. The Hall–Kier alpha value is -1.62. The summed E-state index contributed by atoms with van der Waals surface area (Å²) in [5.41, 5.74) is 0.869. The molecule has 1 aromatic carbocycles. The molecule has 1 heterocycles. The third kappa shape index (κ3) is 3.07. The van der Waals surface area contributed by atoms with E-state index in [0.29, 0.717) is 11.7 Å². The highest BCUT2D eigenvalue weighted by Gasteiger charge is 2.50. The molecule has 4 nitrogen and oxygen atoms in total. The lowest BCUT2D eigenvalue weighted by molar-refractivity contribution is -0.130. The van der Waals surface area contributed by atoms with Gasteiger partial charge in [-0.25, -0.2) is 4.39 Å². The maximum Gasteiger partial charge on any atom is 0.227 e. The van der Waals surface area contributed by atoms with E-state index in [1.54, 1.807) is 13.2 Å². The van der Waals surface area contributed by atoms with Gasteiger partial charge in [0.15, 0.2) is 0 Å². The van der Waals surface area contributed by atoms with Crippen molar-refractivity contribution in [3.63, 3.8) is 0 Å². The molecule has 0 bridgehead atoms. The SMILES string of the molecule is COC[C@]12CCC[C@H]1CN(C(=O)Cc1ccc(F)cc1OC)C2. The second kappa shape index (κ2) is 6.48. The molecule has 5 heteroatoms. The minimum atomic E-state index is -0.354. The zero-order valence-electron chi connectivity index (χ0n) is 13.8. The number of carbonyl (C=O) groups excluding carboxylic acids is 1. The van der Waals surface area contributed by atoms with Crippen molar-refractivity contribution in [2.24, 2.45) is 11.3 Å². The quantitative estimate of drug-likeness (QED) is 0.837. The van der Waals surface area contributed by atoms with Gasteiger partial charge in [-0.2, -0.15) is 0 Å². The monoisotopic (exact) mass is 321 g/mol. The molecule has 0 spiro atoms. The Kier molecular flexibility index (Phi) is 4.57. The standard InChI is InChI=1S/C18H24FNO3/c1-22-12-18-7-3-4-14(18)10-20(11-18)17(21)8-13-5-6-15(19)9-16(13)23-2/h5-6,9,14H,3-4,7-8,10-12H2,1-2H3/t14-,18+/m0/s1. The maximum absolute atomic E-state index is 13.3. The summed E-state index contributed by atoms with van der Waals surface area (Å²) in [5.74, 6) is 0.707. The molecular formula is C18H24FNO3. The topological polar surface area (TPSA) is 38.8 Å². The van der Waals surface area contributed by atoms with Crippen molar-refractivity contribution in [2.75, 3.05) is 33.9 Å². The number of likely N-dealkylation sites (tertiary alicyclic amines) is 1. The van der Waals surface area contributed by atoms with Crippen LogP contribution in [-0.2, 0) is 16.0 Å². The Balaban J connectivity index is 1.70. The number of hydrogen-bond acceptors (Lipinski definition) is 3. The van der Waals surface area contributed by atoms with E-state index in [-0.39, 0.29) is 23.6 Å². The molecule has 3 rings (SSSR count). The van der Waals surface area contributed by atoms with E-state index in [1.807, 2.05) is 4.90 Å². The number of hydrogen-bond donors (Lipinski definition) is 0. The summed E-state index contributed by atoms with van der Waals surface area (Å²) in [6.07, 6.45) is 3.78. The lowest BCUT2D eigenvalue weighted by Gasteiger charge is -2.27. The molecule has 1 aromatic rings. The number of fused-ring (bicyclic) bond motifs is 1. The van der Waals surface area contributed by atoms with Crippen LogP contribution in [0, 0.1) is 17.2 Å². The third-order valence-electron chi connectivity index (χ3n) is 5.42. The van der Waals surface area contributed by atoms with Gasteiger partial charge >= 0.3 is 0 Å². The van der Waals surface area contributed by atoms with Crippen molar-refractivity contribution < 1.29 is 18.7 Å². The van der Waals surface area contributed by atoms with Crippen LogP contribution in [0.1, 0.15) is 24.8 Å². The van der Waals surface area contributed by atoms with Crippen molar-refractivity contribution in [1.29, 1.82) is 0 Å². The molecule has 0 unspecified atom stereocenters. The van der Waals surface area contributed by atoms with Crippen LogP contribution in [0.25, 0.3) is 0 Å². The predicted molar refractivity (Wildman–Crippen MR) is 84.9 cm³/mol. The van der Waals surface area contributed by atoms with Crippen LogP contribution < -0.4 is 4.74 Å². The van der Waals surface area contributed by atoms with Crippen molar-refractivity contribution >= 4 is 5.91 Å². The van der Waals surface area contributed by atoms with Crippen molar-refractivity contribution in [3.05, 3.63) is 29.6 Å². The number of halogens is 1. The van der Waals surface area contributed by atoms with E-state index in [2.05, 4.69) is 0 Å². The first-order valence-electron chi connectivity index (χ1n) is 8.17. The van der Waals surface area contributed by atoms with Gasteiger partial charge in [-0.3, -0.25) is 4.79 Å². The highest BCUT2D eigenvalue weighted by Crippen LogP contribution is 2.48. The predicted octanol–water partition coefficient (Wildman–Crippen LogP) is 2.65. The molecule has 1 saturated heterocycles. The molecule has 0 radical (unpaired) electrons. The van der Waals surface area contributed by atoms with Gasteiger partial charge in [-0.15, -0.1) is 0 Å². The Bertz CT molecular complexity index is 592. The van der Waals surface area contributed by atoms with Crippen molar-refractivity contribution in [1.82, 2.24) is 4.90 Å². The lowest BCUT2D eigenvalue weighted by Crippen LogP contribution is -2.35. The van der Waals surface area contributed by atoms with E-state index in [1.165, 1.54) is 32.1 Å². The van der Waals surface area contributed by atoms with E-state index < -0.39 is 0 Å². The number of nitrogens with zero attached hydrogens (tertiary/aromatic N) is 1. The first-order valence-corrected chi connectivity index (χ1v) is 8.17. The summed E-state index contributed by atoms with van der Waals surface area (Å²) in [6.45, 7) is 2.31. The first-order chi connectivity index (χ1) is 11.1. The summed E-state index contributed by atoms with van der Waals surface area (Å²) in [7, 11) is 3.23. The number of amides is 1. The highest BCUT2D eigenvalue weighted by molar-refractivity contribution is 5.80. The fourth-order valence-corrected chi connectivity index (χ4v) is 4.27. The van der Waals surface area contributed by atoms with E-state index in [9.17, 15) is 9.18 Å². The third-order valence-corrected chi connectivity index (χ3v) is 5.42. The summed E-state index contributed by atoms with van der Waals surface area (Å²) in [6, 6.07) is 4.33. The van der Waals surface area contributed by atoms with Crippen LogP contribution in [0.4, 0.5) is 4.39 Å². The molecule has 1 aliphatic carbocycles. The largest absolute Gasteiger partial charge is 0.496 e. The van der Waals surface area contributed by atoms with Gasteiger partial charge in [0.1, 0.15) is 11.6 Å². The Morgan fingerprint density at radius 1 is 1.43 bits per heavy atom. The minimum Gasteiger partial charge on any atom is -0.496 e. The highest BCUT2D eigenvalue weighted by atomic mass is 19.1. The van der Waals surface area contributed by atoms with Gasteiger partial charge in [0.2, 0.25) is 5.91 Å². The van der Waals surface area contributed by atoms with Gasteiger partial charge < -0.3 is 14.4 Å². The van der Waals surface area contributed by atoms with E-state index >= 15 is 0 Å². The second-order valence-corrected chi connectivity index (χ2v) is 6.79. The van der Waals surface area contributed by atoms with Crippen LogP contribution >= 0.6 is 0 Å². The summed E-state index contributed by atoms with van der Waals surface area (Å²) >= 11 is 0. The molecule has 2 fully saturated rings.